The molecule has 8 nitrogen and oxygen atoms in total. The predicted molar refractivity (Wildman–Crippen MR) is 128 cm³/mol. The quantitative estimate of drug-likeness (QED) is 0.399. The third kappa shape index (κ3) is 5.06. The van der Waals surface area contributed by atoms with Gasteiger partial charge in [0.2, 0.25) is 0 Å². The van der Waals surface area contributed by atoms with Gasteiger partial charge in [-0.25, -0.2) is 14.5 Å². The standard InChI is InChI=1S/C26H26N4O4/c1-17(2)30-25-22(15-28-30)21(13-23(29-25)19-9-5-4-6-10-19)26(32)34-16-24(31)27-14-18-8-7-11-20(12-18)33-3/h4-13,15,17H,14,16H2,1-3H3,(H,27,31). The number of esters is 1. The summed E-state index contributed by atoms with van der Waals surface area (Å²) in [4.78, 5) is 30.0. The number of hydrogen-bond acceptors (Lipinski definition) is 6. The Labute approximate surface area is 197 Å². The number of ether oxygens (including phenoxy) is 2. The Morgan fingerprint density at radius 3 is 2.59 bits per heavy atom. The van der Waals surface area contributed by atoms with Crippen molar-refractivity contribution in [3.63, 3.8) is 0 Å². The lowest BCUT2D eigenvalue weighted by atomic mass is 10.1. The SMILES string of the molecule is COc1cccc(CNC(=O)COC(=O)c2cc(-c3ccccc3)nc3c2cnn3C(C)C)c1. The number of methoxy groups -OCH3 is 1. The van der Waals surface area contributed by atoms with Crippen LogP contribution in [-0.2, 0) is 16.1 Å². The van der Waals surface area contributed by atoms with Crippen molar-refractivity contribution in [1.82, 2.24) is 20.1 Å². The summed E-state index contributed by atoms with van der Waals surface area (Å²) in [7, 11) is 1.58. The normalized spacial score (nSPS) is 10.9. The fourth-order valence-electron chi connectivity index (χ4n) is 3.56. The summed E-state index contributed by atoms with van der Waals surface area (Å²) in [6.07, 6.45) is 1.61. The number of nitrogens with one attached hydrogen (secondary N) is 1. The van der Waals surface area contributed by atoms with Crippen LogP contribution in [-0.4, -0.2) is 40.4 Å². The number of nitrogens with zero attached hydrogens (tertiary/aromatic N) is 3. The maximum atomic E-state index is 13.0. The van der Waals surface area contributed by atoms with Crippen LogP contribution < -0.4 is 10.1 Å². The van der Waals surface area contributed by atoms with E-state index in [1.165, 1.54) is 0 Å². The van der Waals surface area contributed by atoms with Crippen molar-refractivity contribution in [1.29, 1.82) is 0 Å². The van der Waals surface area contributed by atoms with Gasteiger partial charge in [-0.3, -0.25) is 4.79 Å². The molecule has 4 rings (SSSR count). The molecular formula is C26H26N4O4. The van der Waals surface area contributed by atoms with Crippen LogP contribution in [0.1, 0.15) is 35.8 Å². The Morgan fingerprint density at radius 2 is 1.85 bits per heavy atom. The zero-order valence-electron chi connectivity index (χ0n) is 19.3. The minimum atomic E-state index is -0.607. The largest absolute Gasteiger partial charge is 0.497 e. The van der Waals surface area contributed by atoms with Gasteiger partial charge in [0.25, 0.3) is 5.91 Å². The molecule has 0 aliphatic heterocycles. The lowest BCUT2D eigenvalue weighted by Gasteiger charge is -2.11. The molecule has 0 saturated heterocycles. The number of fused-ring (bicyclic) bond motifs is 1. The van der Waals surface area contributed by atoms with Crippen molar-refractivity contribution < 1.29 is 19.1 Å². The summed E-state index contributed by atoms with van der Waals surface area (Å²) in [5.74, 6) is -0.303. The molecule has 0 saturated carbocycles. The number of amides is 1. The first-order chi connectivity index (χ1) is 16.5. The van der Waals surface area contributed by atoms with Gasteiger partial charge >= 0.3 is 5.97 Å². The molecule has 34 heavy (non-hydrogen) atoms. The van der Waals surface area contributed by atoms with Crippen molar-refractivity contribution in [3.8, 4) is 17.0 Å². The van der Waals surface area contributed by atoms with E-state index in [4.69, 9.17) is 14.5 Å². The van der Waals surface area contributed by atoms with Crippen molar-refractivity contribution >= 4 is 22.9 Å². The van der Waals surface area contributed by atoms with Crippen LogP contribution in [0, 0.1) is 0 Å². The van der Waals surface area contributed by atoms with Crippen molar-refractivity contribution in [2.45, 2.75) is 26.4 Å². The van der Waals surface area contributed by atoms with Gasteiger partial charge in [0.15, 0.2) is 12.3 Å². The lowest BCUT2D eigenvalue weighted by Crippen LogP contribution is -2.28. The van der Waals surface area contributed by atoms with Gasteiger partial charge in [0, 0.05) is 18.2 Å². The summed E-state index contributed by atoms with van der Waals surface area (Å²) in [6.45, 7) is 3.89. The molecule has 0 bridgehead atoms. The first-order valence-electron chi connectivity index (χ1n) is 11.0. The second kappa shape index (κ2) is 10.2. The maximum absolute atomic E-state index is 13.0. The molecule has 2 aromatic carbocycles. The van der Waals surface area contributed by atoms with E-state index in [1.807, 2.05) is 68.4 Å². The van der Waals surface area contributed by atoms with Crippen LogP contribution in [0.4, 0.5) is 0 Å². The summed E-state index contributed by atoms with van der Waals surface area (Å²) in [6, 6.07) is 18.7. The summed E-state index contributed by atoms with van der Waals surface area (Å²) < 4.78 is 12.3. The Morgan fingerprint density at radius 1 is 1.06 bits per heavy atom. The lowest BCUT2D eigenvalue weighted by molar-refractivity contribution is -0.124. The van der Waals surface area contributed by atoms with Gasteiger partial charge in [0.1, 0.15) is 5.75 Å². The monoisotopic (exact) mass is 458 g/mol. The second-order valence-electron chi connectivity index (χ2n) is 8.05. The van der Waals surface area contributed by atoms with Gasteiger partial charge in [-0.2, -0.15) is 5.10 Å². The molecule has 0 aliphatic carbocycles. The number of benzene rings is 2. The fourth-order valence-corrected chi connectivity index (χ4v) is 3.56. The Kier molecular flexibility index (Phi) is 6.87. The first-order valence-corrected chi connectivity index (χ1v) is 11.0. The van der Waals surface area contributed by atoms with Crippen LogP contribution in [0.25, 0.3) is 22.3 Å². The van der Waals surface area contributed by atoms with Crippen molar-refractivity contribution in [2.75, 3.05) is 13.7 Å². The van der Waals surface area contributed by atoms with Crippen LogP contribution in [0.5, 0.6) is 5.75 Å². The third-order valence-electron chi connectivity index (χ3n) is 5.30. The number of pyridine rings is 1. The molecule has 1 amide bonds. The zero-order chi connectivity index (χ0) is 24.1. The first kappa shape index (κ1) is 23.0. The third-order valence-corrected chi connectivity index (χ3v) is 5.30. The molecule has 174 valence electrons. The highest BCUT2D eigenvalue weighted by Gasteiger charge is 2.20. The number of rotatable bonds is 8. The summed E-state index contributed by atoms with van der Waals surface area (Å²) in [5, 5.41) is 7.73. The molecule has 0 spiro atoms. The number of aromatic nitrogens is 3. The van der Waals surface area contributed by atoms with E-state index < -0.39 is 18.5 Å². The van der Waals surface area contributed by atoms with E-state index in [2.05, 4.69) is 10.4 Å². The van der Waals surface area contributed by atoms with E-state index in [-0.39, 0.29) is 6.04 Å². The number of carbonyl (C=O) groups is 2. The molecule has 2 heterocycles. The minimum Gasteiger partial charge on any atom is -0.497 e. The van der Waals surface area contributed by atoms with Crippen LogP contribution in [0.15, 0.2) is 66.9 Å². The Bertz CT molecular complexity index is 1320. The van der Waals surface area contributed by atoms with E-state index in [1.54, 1.807) is 24.1 Å². The van der Waals surface area contributed by atoms with Gasteiger partial charge in [-0.15, -0.1) is 0 Å². The predicted octanol–water partition coefficient (Wildman–Crippen LogP) is 4.16. The van der Waals surface area contributed by atoms with Crippen LogP contribution in [0.2, 0.25) is 0 Å². The van der Waals surface area contributed by atoms with Gasteiger partial charge < -0.3 is 14.8 Å². The smallest absolute Gasteiger partial charge is 0.339 e. The van der Waals surface area contributed by atoms with Crippen LogP contribution in [0.3, 0.4) is 0 Å². The average molecular weight is 459 g/mol. The summed E-state index contributed by atoms with van der Waals surface area (Å²) in [5.41, 5.74) is 3.28. The van der Waals surface area contributed by atoms with Crippen LogP contribution >= 0.6 is 0 Å². The van der Waals surface area contributed by atoms with E-state index in [0.717, 1.165) is 11.1 Å². The van der Waals surface area contributed by atoms with Gasteiger partial charge in [-0.05, 0) is 37.6 Å². The molecule has 0 atom stereocenters. The highest BCUT2D eigenvalue weighted by molar-refractivity contribution is 6.04. The molecule has 2 aromatic heterocycles. The topological polar surface area (TPSA) is 95.3 Å². The summed E-state index contributed by atoms with van der Waals surface area (Å²) >= 11 is 0. The van der Waals surface area contributed by atoms with Gasteiger partial charge in [-0.1, -0.05) is 42.5 Å². The highest BCUT2D eigenvalue weighted by Crippen LogP contribution is 2.26. The van der Waals surface area contributed by atoms with Crippen molar-refractivity contribution in [2.24, 2.45) is 0 Å². The molecular weight excluding hydrogens is 432 g/mol. The molecule has 1 N–H and O–H groups in total. The second-order valence-corrected chi connectivity index (χ2v) is 8.05. The Hall–Kier alpha value is -4.20. The van der Waals surface area contributed by atoms with E-state index in [0.29, 0.717) is 34.6 Å². The molecule has 0 radical (unpaired) electrons. The Balaban J connectivity index is 1.51. The zero-order valence-corrected chi connectivity index (χ0v) is 19.3. The molecule has 0 unspecified atom stereocenters. The molecule has 8 heteroatoms. The van der Waals surface area contributed by atoms with Gasteiger partial charge in [0.05, 0.1) is 30.0 Å². The maximum Gasteiger partial charge on any atom is 0.339 e. The average Bonchev–Trinajstić information content (AvgIpc) is 3.30. The molecule has 4 aromatic rings. The van der Waals surface area contributed by atoms with Crippen molar-refractivity contribution in [3.05, 3.63) is 78.0 Å². The fraction of sp³-hybridized carbons (Fsp3) is 0.231. The number of carbonyl (C=O) groups excluding carboxylic acids is 2. The molecule has 0 aliphatic rings. The van der Waals surface area contributed by atoms with E-state index in [9.17, 15) is 9.59 Å². The number of hydrogen-bond donors (Lipinski definition) is 1. The highest BCUT2D eigenvalue weighted by atomic mass is 16.5. The minimum absolute atomic E-state index is 0.0577. The van der Waals surface area contributed by atoms with E-state index >= 15 is 0 Å². The molecule has 0 fully saturated rings.